The first kappa shape index (κ1) is 34.4. The van der Waals surface area contributed by atoms with Gasteiger partial charge in [0, 0.05) is 44.5 Å². The molecule has 43 heavy (non-hydrogen) atoms. The lowest BCUT2D eigenvalue weighted by molar-refractivity contribution is -0.127. The van der Waals surface area contributed by atoms with Gasteiger partial charge in [-0.15, -0.1) is 0 Å². The van der Waals surface area contributed by atoms with Crippen LogP contribution in [0.5, 0.6) is 5.75 Å². The molecule has 4 rings (SSSR count). The number of nitrogens with zero attached hydrogens (tertiary/aromatic N) is 2. The van der Waals surface area contributed by atoms with Crippen molar-refractivity contribution in [2.75, 3.05) is 38.2 Å². The monoisotopic (exact) mass is 614 g/mol. The van der Waals surface area contributed by atoms with E-state index in [-0.39, 0.29) is 24.2 Å². The molecule has 0 spiro atoms. The van der Waals surface area contributed by atoms with Gasteiger partial charge in [0.1, 0.15) is 5.75 Å². The molecule has 1 aliphatic carbocycles. The molecular weight excluding hydrogens is 568 g/mol. The number of aliphatic hydroxyl groups is 2. The molecule has 1 aliphatic heterocycles. The smallest absolute Gasteiger partial charge is 0.290 e. The quantitative estimate of drug-likeness (QED) is 0.215. The molecule has 0 saturated heterocycles. The Morgan fingerprint density at radius 1 is 1.19 bits per heavy atom. The zero-order valence-electron chi connectivity index (χ0n) is 25.8. The second kappa shape index (κ2) is 16.7. The minimum atomic E-state index is -0.564. The van der Waals surface area contributed by atoms with E-state index in [2.05, 4.69) is 30.0 Å². The summed E-state index contributed by atoms with van der Waals surface area (Å²) in [7, 11) is 1.78. The molecule has 3 N–H and O–H groups in total. The van der Waals surface area contributed by atoms with Crippen molar-refractivity contribution in [1.29, 1.82) is 0 Å². The normalized spacial score (nSPS) is 20.9. The van der Waals surface area contributed by atoms with Crippen LogP contribution in [0.1, 0.15) is 75.2 Å². The van der Waals surface area contributed by atoms with Crippen molar-refractivity contribution in [3.05, 3.63) is 70.3 Å². The molecule has 1 saturated carbocycles. The van der Waals surface area contributed by atoms with E-state index in [0.29, 0.717) is 25.5 Å². The summed E-state index contributed by atoms with van der Waals surface area (Å²) >= 11 is 6.38. The van der Waals surface area contributed by atoms with Gasteiger partial charge in [0.25, 0.3) is 6.47 Å². The molecule has 5 atom stereocenters. The topological polar surface area (TPSA) is 111 Å². The van der Waals surface area contributed by atoms with Crippen LogP contribution in [-0.2, 0) is 16.0 Å². The Balaban J connectivity index is 0.00000162. The Morgan fingerprint density at radius 2 is 1.93 bits per heavy atom. The average molecular weight is 615 g/mol. The molecular formula is C34H47ClN2O6. The maximum absolute atomic E-state index is 11.4. The average Bonchev–Trinajstić information content (AvgIpc) is 3.13. The number of benzene rings is 2. The second-order valence-corrected chi connectivity index (χ2v) is 12.1. The van der Waals surface area contributed by atoms with E-state index in [9.17, 15) is 15.0 Å². The van der Waals surface area contributed by atoms with Gasteiger partial charge in [0.2, 0.25) is 5.91 Å². The molecule has 236 valence electrons. The first-order valence-corrected chi connectivity index (χ1v) is 15.6. The Bertz CT molecular complexity index is 1240. The summed E-state index contributed by atoms with van der Waals surface area (Å²) in [6, 6.07) is 12.2. The number of carbonyl (C=O) groups is 2. The lowest BCUT2D eigenvalue weighted by atomic mass is 9.69. The van der Waals surface area contributed by atoms with Crippen LogP contribution in [0, 0.1) is 11.8 Å². The molecule has 9 heteroatoms. The predicted octanol–water partition coefficient (Wildman–Crippen LogP) is 5.84. The van der Waals surface area contributed by atoms with Gasteiger partial charge >= 0.3 is 0 Å². The molecule has 0 radical (unpaired) electrons. The third kappa shape index (κ3) is 9.46. The van der Waals surface area contributed by atoms with Crippen LogP contribution >= 0.6 is 11.6 Å². The minimum absolute atomic E-state index is 0.0310. The van der Waals surface area contributed by atoms with E-state index < -0.39 is 12.2 Å². The van der Waals surface area contributed by atoms with Crippen molar-refractivity contribution >= 4 is 29.7 Å². The maximum Gasteiger partial charge on any atom is 0.290 e. The molecule has 0 aromatic heterocycles. The number of carbonyl (C=O) groups excluding carboxylic acids is 1. The highest BCUT2D eigenvalue weighted by atomic mass is 35.5. The number of ether oxygens (including phenoxy) is 1. The van der Waals surface area contributed by atoms with E-state index in [1.807, 2.05) is 30.4 Å². The van der Waals surface area contributed by atoms with Crippen LogP contribution in [0.3, 0.4) is 0 Å². The molecule has 8 nitrogen and oxygen atoms in total. The molecule has 1 heterocycles. The Labute approximate surface area is 260 Å². The Morgan fingerprint density at radius 3 is 2.56 bits per heavy atom. The van der Waals surface area contributed by atoms with E-state index in [1.165, 1.54) is 11.1 Å². The van der Waals surface area contributed by atoms with Crippen LogP contribution < -0.4 is 9.64 Å². The van der Waals surface area contributed by atoms with Crippen LogP contribution in [0.25, 0.3) is 0 Å². The highest BCUT2D eigenvalue weighted by Crippen LogP contribution is 2.43. The predicted molar refractivity (Wildman–Crippen MR) is 171 cm³/mol. The van der Waals surface area contributed by atoms with Gasteiger partial charge < -0.3 is 29.9 Å². The third-order valence-corrected chi connectivity index (χ3v) is 8.87. The number of hydrogen-bond acceptors (Lipinski definition) is 6. The van der Waals surface area contributed by atoms with E-state index in [4.69, 9.17) is 26.2 Å². The number of amides is 1. The standard InChI is InChI=1S/C33H45ClN2O4.CH2O2/c1-5-8-25-17-28(34)12-14-29(25)27-20-36(31-18-24(22(2)37)11-15-33(31)40-21-27)19-26-10-13-30(26)32(39)9-6-7-16-35(4)23(3)38;2-1-3/h6-7,11-12,14-15,17-18,22,26-27,30,32,37,39H,5,8-10,13,16,19-21H2,1-4H3;1H,(H,2,3)/b7-6-;. The molecule has 1 fully saturated rings. The summed E-state index contributed by atoms with van der Waals surface area (Å²) in [6.07, 6.45) is 7.68. The van der Waals surface area contributed by atoms with Crippen molar-refractivity contribution in [2.45, 2.75) is 71.0 Å². The number of likely N-dealkylation sites (N-methyl/N-ethyl adjacent to an activating group) is 1. The summed E-state index contributed by atoms with van der Waals surface area (Å²) in [5.74, 6) is 1.64. The zero-order valence-corrected chi connectivity index (χ0v) is 26.5. The van der Waals surface area contributed by atoms with Crippen molar-refractivity contribution in [3.8, 4) is 5.75 Å². The number of aryl methyl sites for hydroxylation is 1. The fraction of sp³-hybridized carbons (Fsp3) is 0.529. The van der Waals surface area contributed by atoms with Crippen molar-refractivity contribution < 1.29 is 29.6 Å². The number of carboxylic acid groups (broad SMARTS) is 1. The lowest BCUT2D eigenvalue weighted by Crippen LogP contribution is -2.44. The highest BCUT2D eigenvalue weighted by Gasteiger charge is 2.38. The second-order valence-electron chi connectivity index (χ2n) is 11.7. The molecule has 0 bridgehead atoms. The molecule has 2 aliphatic rings. The summed E-state index contributed by atoms with van der Waals surface area (Å²) in [5.41, 5.74) is 4.44. The SMILES string of the molecule is CCCc1cc(Cl)ccc1C1COc2ccc(C(C)O)cc2N(CC2CCC2C(O)C/C=C\CN(C)C(C)=O)C1.O=CO. The number of rotatable bonds is 11. The van der Waals surface area contributed by atoms with Crippen molar-refractivity contribution in [1.82, 2.24) is 4.90 Å². The largest absolute Gasteiger partial charge is 0.491 e. The first-order valence-electron chi connectivity index (χ1n) is 15.2. The van der Waals surface area contributed by atoms with E-state index >= 15 is 0 Å². The summed E-state index contributed by atoms with van der Waals surface area (Å²) in [5, 5.41) is 29.0. The summed E-state index contributed by atoms with van der Waals surface area (Å²) in [6.45, 7) is 8.03. The van der Waals surface area contributed by atoms with Crippen LogP contribution in [-0.4, -0.2) is 72.0 Å². The number of fused-ring (bicyclic) bond motifs is 1. The number of halogens is 1. The number of hydrogen-bond donors (Lipinski definition) is 3. The van der Waals surface area contributed by atoms with Crippen LogP contribution in [0.4, 0.5) is 5.69 Å². The van der Waals surface area contributed by atoms with Gasteiger partial charge in [-0.25, -0.2) is 0 Å². The van der Waals surface area contributed by atoms with Gasteiger partial charge in [-0.05, 0) is 85.4 Å². The van der Waals surface area contributed by atoms with Gasteiger partial charge in [-0.3, -0.25) is 9.59 Å². The number of anilines is 1. The lowest BCUT2D eigenvalue weighted by Gasteiger charge is -2.43. The number of aliphatic hydroxyl groups excluding tert-OH is 2. The fourth-order valence-corrected chi connectivity index (χ4v) is 6.17. The van der Waals surface area contributed by atoms with Gasteiger partial charge in [-0.1, -0.05) is 49.2 Å². The minimum Gasteiger partial charge on any atom is -0.491 e. The first-order chi connectivity index (χ1) is 20.6. The third-order valence-electron chi connectivity index (χ3n) is 8.64. The van der Waals surface area contributed by atoms with Crippen LogP contribution in [0.2, 0.25) is 5.02 Å². The van der Waals surface area contributed by atoms with Crippen LogP contribution in [0.15, 0.2) is 48.6 Å². The Kier molecular flexibility index (Phi) is 13.4. The van der Waals surface area contributed by atoms with Crippen molar-refractivity contribution in [3.63, 3.8) is 0 Å². The zero-order chi connectivity index (χ0) is 31.5. The van der Waals surface area contributed by atoms with Crippen molar-refractivity contribution in [2.24, 2.45) is 11.8 Å². The Hall–Kier alpha value is -3.07. The highest BCUT2D eigenvalue weighted by molar-refractivity contribution is 6.30. The molecule has 2 aromatic carbocycles. The molecule has 5 unspecified atom stereocenters. The van der Waals surface area contributed by atoms with E-state index in [0.717, 1.165) is 60.8 Å². The summed E-state index contributed by atoms with van der Waals surface area (Å²) < 4.78 is 6.41. The molecule has 1 amide bonds. The molecule has 2 aromatic rings. The van der Waals surface area contributed by atoms with Gasteiger partial charge in [-0.2, -0.15) is 0 Å². The maximum atomic E-state index is 11.4. The van der Waals surface area contributed by atoms with E-state index in [1.54, 1.807) is 25.8 Å². The van der Waals surface area contributed by atoms with Gasteiger partial charge in [0.05, 0.1) is 24.5 Å². The fourth-order valence-electron chi connectivity index (χ4n) is 5.97. The summed E-state index contributed by atoms with van der Waals surface area (Å²) in [4.78, 5) is 23.9. The van der Waals surface area contributed by atoms with Gasteiger partial charge in [0.15, 0.2) is 0 Å².